The number of ether oxygens (including phenoxy) is 1. The monoisotopic (exact) mass is 390 g/mol. The lowest BCUT2D eigenvalue weighted by molar-refractivity contribution is -0.125. The molecule has 0 saturated heterocycles. The molecule has 2 amide bonds. The Kier molecular flexibility index (Phi) is 6.81. The highest BCUT2D eigenvalue weighted by Gasteiger charge is 2.07. The molecule has 2 N–H and O–H groups in total. The first-order valence-corrected chi connectivity index (χ1v) is 8.27. The van der Waals surface area contributed by atoms with Gasteiger partial charge in [0.1, 0.15) is 5.75 Å². The van der Waals surface area contributed by atoms with E-state index >= 15 is 0 Å². The predicted molar refractivity (Wildman–Crippen MR) is 95.7 cm³/mol. The van der Waals surface area contributed by atoms with Crippen molar-refractivity contribution >= 4 is 27.7 Å². The van der Waals surface area contributed by atoms with E-state index in [2.05, 4.69) is 26.6 Å². The Labute approximate surface area is 149 Å². The molecular formula is C18H19BrN2O3. The molecule has 0 aliphatic carbocycles. The third kappa shape index (κ3) is 6.04. The zero-order valence-corrected chi connectivity index (χ0v) is 14.9. The molecule has 5 nitrogen and oxygen atoms in total. The van der Waals surface area contributed by atoms with Gasteiger partial charge in [0.25, 0.3) is 0 Å². The summed E-state index contributed by atoms with van der Waals surface area (Å²) in [6.45, 7) is 0.368. The highest BCUT2D eigenvalue weighted by atomic mass is 79.9. The Morgan fingerprint density at radius 1 is 1.00 bits per heavy atom. The summed E-state index contributed by atoms with van der Waals surface area (Å²) in [5.74, 6) is 0.353. The van der Waals surface area contributed by atoms with Crippen LogP contribution in [0, 0.1) is 0 Å². The molecule has 24 heavy (non-hydrogen) atoms. The summed E-state index contributed by atoms with van der Waals surface area (Å²) in [4.78, 5) is 23.6. The van der Waals surface area contributed by atoms with Crippen molar-refractivity contribution in [1.82, 2.24) is 10.6 Å². The van der Waals surface area contributed by atoms with Crippen LogP contribution in [0.4, 0.5) is 0 Å². The normalized spacial score (nSPS) is 10.1. The number of methoxy groups -OCH3 is 1. The molecule has 0 spiro atoms. The van der Waals surface area contributed by atoms with Gasteiger partial charge >= 0.3 is 0 Å². The molecule has 2 rings (SSSR count). The standard InChI is InChI=1S/C18H19BrN2O3/c1-24-16-7-5-13(6-8-16)11-20-18(23)12-21-17(22)10-14-3-2-4-15(19)9-14/h2-9H,10-12H2,1H3,(H,20,23)(H,21,22). The first-order chi connectivity index (χ1) is 11.6. The number of benzene rings is 2. The van der Waals surface area contributed by atoms with Gasteiger partial charge < -0.3 is 15.4 Å². The topological polar surface area (TPSA) is 67.4 Å². The van der Waals surface area contributed by atoms with Gasteiger partial charge in [-0.3, -0.25) is 9.59 Å². The first-order valence-electron chi connectivity index (χ1n) is 7.47. The Hall–Kier alpha value is -2.34. The van der Waals surface area contributed by atoms with E-state index in [4.69, 9.17) is 4.74 Å². The molecule has 6 heteroatoms. The van der Waals surface area contributed by atoms with E-state index in [0.29, 0.717) is 6.54 Å². The fourth-order valence-electron chi connectivity index (χ4n) is 2.08. The quantitative estimate of drug-likeness (QED) is 0.762. The summed E-state index contributed by atoms with van der Waals surface area (Å²) < 4.78 is 6.00. The van der Waals surface area contributed by atoms with Crippen LogP contribution in [0.3, 0.4) is 0 Å². The van der Waals surface area contributed by atoms with Gasteiger partial charge in [-0.05, 0) is 35.4 Å². The van der Waals surface area contributed by atoms with Crippen LogP contribution in [0.5, 0.6) is 5.75 Å². The van der Waals surface area contributed by atoms with E-state index in [9.17, 15) is 9.59 Å². The molecule has 0 saturated carbocycles. The largest absolute Gasteiger partial charge is 0.497 e. The minimum absolute atomic E-state index is 0.0387. The lowest BCUT2D eigenvalue weighted by Crippen LogP contribution is -2.37. The van der Waals surface area contributed by atoms with Crippen LogP contribution in [0.15, 0.2) is 53.0 Å². The average Bonchev–Trinajstić information content (AvgIpc) is 2.58. The van der Waals surface area contributed by atoms with Gasteiger partial charge in [-0.15, -0.1) is 0 Å². The van der Waals surface area contributed by atoms with Gasteiger partial charge in [-0.2, -0.15) is 0 Å². The molecule has 2 aromatic rings. The number of carbonyl (C=O) groups is 2. The molecule has 0 radical (unpaired) electrons. The van der Waals surface area contributed by atoms with Crippen LogP contribution >= 0.6 is 15.9 Å². The number of halogens is 1. The summed E-state index contributed by atoms with van der Waals surface area (Å²) in [7, 11) is 1.60. The lowest BCUT2D eigenvalue weighted by atomic mass is 10.1. The number of amides is 2. The van der Waals surface area contributed by atoms with Crippen molar-refractivity contribution in [2.75, 3.05) is 13.7 Å². The lowest BCUT2D eigenvalue weighted by Gasteiger charge is -2.08. The summed E-state index contributed by atoms with van der Waals surface area (Å²) in [6, 6.07) is 14.9. The van der Waals surface area contributed by atoms with Crippen LogP contribution in [0.2, 0.25) is 0 Å². The van der Waals surface area contributed by atoms with E-state index in [1.807, 2.05) is 48.5 Å². The molecule has 0 atom stereocenters. The summed E-state index contributed by atoms with van der Waals surface area (Å²) in [5.41, 5.74) is 1.85. The summed E-state index contributed by atoms with van der Waals surface area (Å²) >= 11 is 3.36. The minimum atomic E-state index is -0.228. The molecule has 0 unspecified atom stereocenters. The second-order valence-electron chi connectivity index (χ2n) is 5.21. The maximum Gasteiger partial charge on any atom is 0.239 e. The molecule has 0 aromatic heterocycles. The molecule has 0 bridgehead atoms. The van der Waals surface area contributed by atoms with E-state index < -0.39 is 0 Å². The first kappa shape index (κ1) is 18.0. The summed E-state index contributed by atoms with van der Waals surface area (Å²) in [5, 5.41) is 5.38. The highest BCUT2D eigenvalue weighted by molar-refractivity contribution is 9.10. The smallest absolute Gasteiger partial charge is 0.239 e. The van der Waals surface area contributed by atoms with E-state index in [0.717, 1.165) is 21.3 Å². The van der Waals surface area contributed by atoms with Gasteiger partial charge in [0.2, 0.25) is 11.8 Å². The zero-order valence-electron chi connectivity index (χ0n) is 13.3. The van der Waals surface area contributed by atoms with Crippen molar-refractivity contribution < 1.29 is 14.3 Å². The minimum Gasteiger partial charge on any atom is -0.497 e. The van der Waals surface area contributed by atoms with Gasteiger partial charge in [0.15, 0.2) is 0 Å². The zero-order chi connectivity index (χ0) is 17.4. The van der Waals surface area contributed by atoms with Crippen molar-refractivity contribution in [2.45, 2.75) is 13.0 Å². The maximum absolute atomic E-state index is 11.9. The Bertz CT molecular complexity index is 702. The second kappa shape index (κ2) is 9.08. The van der Waals surface area contributed by atoms with Gasteiger partial charge in [0, 0.05) is 11.0 Å². The third-order valence-electron chi connectivity index (χ3n) is 3.35. The highest BCUT2D eigenvalue weighted by Crippen LogP contribution is 2.12. The number of carbonyl (C=O) groups excluding carboxylic acids is 2. The molecule has 2 aromatic carbocycles. The van der Waals surface area contributed by atoms with Crippen molar-refractivity contribution in [3.05, 3.63) is 64.1 Å². The molecule has 0 fully saturated rings. The SMILES string of the molecule is COc1ccc(CNC(=O)CNC(=O)Cc2cccc(Br)c2)cc1. The van der Waals surface area contributed by atoms with Crippen molar-refractivity contribution in [2.24, 2.45) is 0 Å². The fourth-order valence-corrected chi connectivity index (χ4v) is 2.53. The molecule has 0 aliphatic heterocycles. The molecule has 0 aliphatic rings. The van der Waals surface area contributed by atoms with Gasteiger partial charge in [0.05, 0.1) is 20.1 Å². The van der Waals surface area contributed by atoms with Crippen molar-refractivity contribution in [1.29, 1.82) is 0 Å². The van der Waals surface area contributed by atoms with Crippen LogP contribution in [-0.4, -0.2) is 25.5 Å². The third-order valence-corrected chi connectivity index (χ3v) is 3.84. The number of nitrogens with one attached hydrogen (secondary N) is 2. The van der Waals surface area contributed by atoms with Crippen LogP contribution in [0.1, 0.15) is 11.1 Å². The predicted octanol–water partition coefficient (Wildman–Crippen LogP) is 2.43. The molecule has 126 valence electrons. The number of hydrogen-bond donors (Lipinski definition) is 2. The number of rotatable bonds is 7. The van der Waals surface area contributed by atoms with E-state index in [1.54, 1.807) is 7.11 Å². The van der Waals surface area contributed by atoms with Crippen LogP contribution in [0.25, 0.3) is 0 Å². The van der Waals surface area contributed by atoms with Crippen molar-refractivity contribution in [3.8, 4) is 5.75 Å². The van der Waals surface area contributed by atoms with Crippen molar-refractivity contribution in [3.63, 3.8) is 0 Å². The van der Waals surface area contributed by atoms with Crippen LogP contribution < -0.4 is 15.4 Å². The Morgan fingerprint density at radius 2 is 1.75 bits per heavy atom. The molecular weight excluding hydrogens is 372 g/mol. The Morgan fingerprint density at radius 3 is 2.42 bits per heavy atom. The second-order valence-corrected chi connectivity index (χ2v) is 6.12. The maximum atomic E-state index is 11.9. The summed E-state index contributed by atoms with van der Waals surface area (Å²) in [6.07, 6.45) is 0.241. The van der Waals surface area contributed by atoms with E-state index in [-0.39, 0.29) is 24.8 Å². The average molecular weight is 391 g/mol. The Balaban J connectivity index is 1.71. The van der Waals surface area contributed by atoms with Gasteiger partial charge in [-0.25, -0.2) is 0 Å². The fraction of sp³-hybridized carbons (Fsp3) is 0.222. The molecule has 0 heterocycles. The van der Waals surface area contributed by atoms with E-state index in [1.165, 1.54) is 0 Å². The van der Waals surface area contributed by atoms with Gasteiger partial charge in [-0.1, -0.05) is 40.2 Å². The number of hydrogen-bond acceptors (Lipinski definition) is 3. The van der Waals surface area contributed by atoms with Crippen LogP contribution in [-0.2, 0) is 22.6 Å².